The van der Waals surface area contributed by atoms with E-state index in [2.05, 4.69) is 41.4 Å². The van der Waals surface area contributed by atoms with Crippen molar-refractivity contribution >= 4 is 29.2 Å². The fraction of sp³-hybridized carbons (Fsp3) is 0.467. The summed E-state index contributed by atoms with van der Waals surface area (Å²) in [4.78, 5) is 32.3. The van der Waals surface area contributed by atoms with Crippen molar-refractivity contribution in [2.45, 2.75) is 69.7 Å². The molecule has 0 amide bonds. The minimum atomic E-state index is -0.519. The van der Waals surface area contributed by atoms with Gasteiger partial charge in [0.15, 0.2) is 6.19 Å². The summed E-state index contributed by atoms with van der Waals surface area (Å²) in [6, 6.07) is 10.0. The SMILES string of the molecule is CNC1CCCCC1.Cc1c[nH]c2cc(N(C)C(C=O)c3cccnc3)ccc12.N#CN1CC(O)CC1C=O. The van der Waals surface area contributed by atoms with Gasteiger partial charge in [0.1, 0.15) is 18.6 Å². The summed E-state index contributed by atoms with van der Waals surface area (Å²) in [5.41, 5.74) is 4.18. The van der Waals surface area contributed by atoms with Crippen LogP contribution in [0.15, 0.2) is 48.9 Å². The summed E-state index contributed by atoms with van der Waals surface area (Å²) >= 11 is 0. The Hall–Kier alpha value is -3.74. The van der Waals surface area contributed by atoms with E-state index in [0.717, 1.165) is 29.1 Å². The normalized spacial score (nSPS) is 19.6. The third-order valence-corrected chi connectivity index (χ3v) is 7.47. The molecular weight excluding hydrogens is 492 g/mol. The maximum Gasteiger partial charge on any atom is 0.180 e. The summed E-state index contributed by atoms with van der Waals surface area (Å²) in [5.74, 6) is 0. The van der Waals surface area contributed by atoms with Crippen LogP contribution in [-0.4, -0.2) is 71.4 Å². The van der Waals surface area contributed by atoms with Gasteiger partial charge >= 0.3 is 0 Å². The Labute approximate surface area is 230 Å². The van der Waals surface area contributed by atoms with Crippen molar-refractivity contribution in [1.82, 2.24) is 20.2 Å². The van der Waals surface area contributed by atoms with Gasteiger partial charge in [-0.25, -0.2) is 0 Å². The first kappa shape index (κ1) is 29.8. The number of likely N-dealkylation sites (N-methyl/N-ethyl adjacent to an activating group) is 1. The maximum atomic E-state index is 11.5. The predicted octanol–water partition coefficient (Wildman–Crippen LogP) is 3.89. The van der Waals surface area contributed by atoms with E-state index in [-0.39, 0.29) is 6.04 Å². The van der Waals surface area contributed by atoms with Crippen molar-refractivity contribution in [2.24, 2.45) is 0 Å². The zero-order valence-electron chi connectivity index (χ0n) is 23.1. The number of β-amino-alcohol motifs (C(OH)–C–C–N with tert-alkyl or cyclic N) is 1. The molecule has 1 aromatic carbocycles. The van der Waals surface area contributed by atoms with Gasteiger partial charge in [-0.2, -0.15) is 5.26 Å². The number of aldehydes is 2. The van der Waals surface area contributed by atoms with Crippen molar-refractivity contribution in [3.8, 4) is 6.19 Å². The van der Waals surface area contributed by atoms with Gasteiger partial charge in [-0.3, -0.25) is 9.88 Å². The van der Waals surface area contributed by atoms with Crippen LogP contribution in [0.1, 0.15) is 55.7 Å². The average molecular weight is 533 g/mol. The summed E-state index contributed by atoms with van der Waals surface area (Å²) < 4.78 is 0. The van der Waals surface area contributed by atoms with E-state index in [0.29, 0.717) is 19.3 Å². The van der Waals surface area contributed by atoms with Gasteiger partial charge in [0.25, 0.3) is 0 Å². The predicted molar refractivity (Wildman–Crippen MR) is 153 cm³/mol. The molecule has 1 saturated carbocycles. The van der Waals surface area contributed by atoms with Crippen molar-refractivity contribution in [1.29, 1.82) is 5.26 Å². The summed E-state index contributed by atoms with van der Waals surface area (Å²) in [7, 11) is 3.99. The van der Waals surface area contributed by atoms with Gasteiger partial charge in [-0.05, 0) is 56.1 Å². The lowest BCUT2D eigenvalue weighted by Gasteiger charge is -2.26. The minimum absolute atomic E-state index is 0.292. The van der Waals surface area contributed by atoms with Crippen molar-refractivity contribution < 1.29 is 14.7 Å². The van der Waals surface area contributed by atoms with Crippen LogP contribution >= 0.6 is 0 Å². The smallest absolute Gasteiger partial charge is 0.180 e. The summed E-state index contributed by atoms with van der Waals surface area (Å²) in [6.45, 7) is 2.37. The van der Waals surface area contributed by atoms with E-state index in [9.17, 15) is 9.59 Å². The standard InChI is InChI=1S/C17H17N3O.C7H15N.C6H8N2O2/c1-12-9-19-16-8-14(5-6-15(12)16)20(2)17(11-21)13-4-3-7-18-10-13;1-8-7-5-3-2-4-6-7;7-4-8-2-6(10)1-5(8)3-9/h3-11,17,19H,1-2H3;7-8H,2-6H2,1H3;3,5-6,10H,1-2H2. The monoisotopic (exact) mass is 532 g/mol. The molecule has 9 heteroatoms. The van der Waals surface area contributed by atoms with Crippen LogP contribution in [0.3, 0.4) is 0 Å². The van der Waals surface area contributed by atoms with Crippen LogP contribution in [0.4, 0.5) is 5.69 Å². The number of hydrogen-bond acceptors (Lipinski definition) is 8. The lowest BCUT2D eigenvalue weighted by molar-refractivity contribution is -0.111. The molecular formula is C30H40N6O3. The van der Waals surface area contributed by atoms with Crippen molar-refractivity contribution in [3.05, 3.63) is 60.0 Å². The largest absolute Gasteiger partial charge is 0.391 e. The Kier molecular flexibility index (Phi) is 11.5. The quantitative estimate of drug-likeness (QED) is 0.323. The van der Waals surface area contributed by atoms with Crippen molar-refractivity contribution in [3.63, 3.8) is 0 Å². The fourth-order valence-corrected chi connectivity index (χ4v) is 5.06. The number of nitriles is 1. The Morgan fingerprint density at radius 1 is 1.26 bits per heavy atom. The molecule has 3 N–H and O–H groups in total. The van der Waals surface area contributed by atoms with Gasteiger partial charge in [-0.1, -0.05) is 31.4 Å². The van der Waals surface area contributed by atoms with Crippen LogP contribution in [0.5, 0.6) is 0 Å². The lowest BCUT2D eigenvalue weighted by atomic mass is 9.96. The molecule has 3 atom stereocenters. The van der Waals surface area contributed by atoms with Crippen LogP contribution < -0.4 is 10.2 Å². The number of anilines is 1. The number of aliphatic hydroxyl groups is 1. The topological polar surface area (TPSA) is 125 Å². The van der Waals surface area contributed by atoms with Gasteiger partial charge < -0.3 is 29.9 Å². The second-order valence-electron chi connectivity index (χ2n) is 10.1. The molecule has 3 heterocycles. The van der Waals surface area contributed by atoms with E-state index in [1.165, 1.54) is 48.0 Å². The van der Waals surface area contributed by atoms with Crippen LogP contribution in [0.2, 0.25) is 0 Å². The number of likely N-dealkylation sites (tertiary alicyclic amines) is 1. The van der Waals surface area contributed by atoms with E-state index < -0.39 is 12.1 Å². The second kappa shape index (κ2) is 15.0. The zero-order valence-corrected chi connectivity index (χ0v) is 23.1. The Bertz CT molecular complexity index is 1220. The van der Waals surface area contributed by atoms with E-state index in [1.54, 1.807) is 12.4 Å². The zero-order chi connectivity index (χ0) is 28.2. The molecule has 2 aromatic heterocycles. The number of aromatic amines is 1. The first-order valence-corrected chi connectivity index (χ1v) is 13.5. The number of benzene rings is 1. The molecule has 208 valence electrons. The van der Waals surface area contributed by atoms with Gasteiger partial charge in [0.05, 0.1) is 18.7 Å². The highest BCUT2D eigenvalue weighted by Crippen LogP contribution is 2.28. The maximum absolute atomic E-state index is 11.5. The molecule has 39 heavy (non-hydrogen) atoms. The summed E-state index contributed by atoms with van der Waals surface area (Å²) in [6.07, 6.45) is 15.9. The Morgan fingerprint density at radius 3 is 2.59 bits per heavy atom. The van der Waals surface area contributed by atoms with Crippen LogP contribution in [-0.2, 0) is 9.59 Å². The second-order valence-corrected chi connectivity index (χ2v) is 10.1. The highest BCUT2D eigenvalue weighted by Gasteiger charge is 2.29. The highest BCUT2D eigenvalue weighted by molar-refractivity contribution is 5.86. The number of aryl methyl sites for hydroxylation is 1. The molecule has 0 radical (unpaired) electrons. The molecule has 1 aliphatic heterocycles. The van der Waals surface area contributed by atoms with Crippen molar-refractivity contribution in [2.75, 3.05) is 25.5 Å². The first-order chi connectivity index (χ1) is 18.9. The number of carbonyl (C=O) groups excluding carboxylic acids is 2. The molecule has 9 nitrogen and oxygen atoms in total. The average Bonchev–Trinajstić information content (AvgIpc) is 3.55. The van der Waals surface area contributed by atoms with Crippen LogP contribution in [0.25, 0.3) is 10.9 Å². The third kappa shape index (κ3) is 8.12. The third-order valence-electron chi connectivity index (χ3n) is 7.47. The number of aliphatic hydroxyl groups excluding tert-OH is 1. The number of nitrogens with zero attached hydrogens (tertiary/aromatic N) is 4. The number of aromatic nitrogens is 2. The van der Waals surface area contributed by atoms with E-state index in [4.69, 9.17) is 10.4 Å². The molecule has 2 fully saturated rings. The molecule has 1 saturated heterocycles. The number of rotatable bonds is 6. The number of nitrogens with one attached hydrogen (secondary N) is 2. The number of fused-ring (bicyclic) bond motifs is 1. The number of hydrogen-bond donors (Lipinski definition) is 3. The Balaban J connectivity index is 0.000000193. The molecule has 1 aliphatic carbocycles. The number of pyridine rings is 1. The number of carbonyl (C=O) groups is 2. The van der Waals surface area contributed by atoms with E-state index >= 15 is 0 Å². The van der Waals surface area contributed by atoms with Crippen LogP contribution in [0, 0.1) is 18.4 Å². The molecule has 2 aliphatic rings. The lowest BCUT2D eigenvalue weighted by Crippen LogP contribution is -2.26. The van der Waals surface area contributed by atoms with Gasteiger partial charge in [-0.15, -0.1) is 0 Å². The molecule has 5 rings (SSSR count). The molecule has 3 aromatic rings. The number of H-pyrrole nitrogens is 1. The van der Waals surface area contributed by atoms with E-state index in [1.807, 2.05) is 42.5 Å². The molecule has 0 bridgehead atoms. The molecule has 3 unspecified atom stereocenters. The fourth-order valence-electron chi connectivity index (χ4n) is 5.06. The Morgan fingerprint density at radius 2 is 2.03 bits per heavy atom. The summed E-state index contributed by atoms with van der Waals surface area (Å²) in [5, 5.41) is 21.9. The highest BCUT2D eigenvalue weighted by atomic mass is 16.3. The van der Waals surface area contributed by atoms with Gasteiger partial charge in [0, 0.05) is 54.7 Å². The first-order valence-electron chi connectivity index (χ1n) is 13.5. The minimum Gasteiger partial charge on any atom is -0.391 e. The molecule has 0 spiro atoms. The van der Waals surface area contributed by atoms with Gasteiger partial charge in [0.2, 0.25) is 0 Å².